The van der Waals surface area contributed by atoms with Gasteiger partial charge in [0.15, 0.2) is 6.29 Å². The van der Waals surface area contributed by atoms with E-state index >= 15 is 0 Å². The summed E-state index contributed by atoms with van der Waals surface area (Å²) in [5, 5.41) is 0. The normalized spacial score (nSPS) is 15.3. The minimum absolute atomic E-state index is 0.0269. The highest BCUT2D eigenvalue weighted by atomic mass is 19.1. The molecule has 24 heavy (non-hydrogen) atoms. The van der Waals surface area contributed by atoms with Gasteiger partial charge < -0.3 is 9.64 Å². The number of aldehydes is 1. The summed E-state index contributed by atoms with van der Waals surface area (Å²) < 4.78 is 19.0. The lowest BCUT2D eigenvalue weighted by Gasteiger charge is -2.32. The highest BCUT2D eigenvalue weighted by molar-refractivity contribution is 6.00. The van der Waals surface area contributed by atoms with Gasteiger partial charge in [-0.05, 0) is 49.2 Å². The van der Waals surface area contributed by atoms with Gasteiger partial charge in [-0.3, -0.25) is 9.59 Å². The highest BCUT2D eigenvalue weighted by Crippen LogP contribution is 2.40. The Hall–Kier alpha value is -2.69. The molecule has 0 N–H and O–H groups in total. The number of carbonyl (C=O) groups is 2. The molecule has 0 saturated carbocycles. The van der Waals surface area contributed by atoms with E-state index in [-0.39, 0.29) is 11.5 Å². The third kappa shape index (κ3) is 2.46. The molecule has 0 saturated heterocycles. The largest absolute Gasteiger partial charge is 0.497 e. The van der Waals surface area contributed by atoms with Crippen molar-refractivity contribution in [2.24, 2.45) is 0 Å². The van der Waals surface area contributed by atoms with Crippen molar-refractivity contribution in [3.8, 4) is 5.75 Å². The maximum atomic E-state index is 13.9. The molecule has 0 aromatic heterocycles. The van der Waals surface area contributed by atoms with Crippen molar-refractivity contribution in [3.63, 3.8) is 0 Å². The molecule has 0 bridgehead atoms. The number of hydrogen-bond donors (Lipinski definition) is 0. The van der Waals surface area contributed by atoms with Gasteiger partial charge in [-0.25, -0.2) is 4.39 Å². The van der Waals surface area contributed by atoms with Crippen LogP contribution in [0.25, 0.3) is 0 Å². The van der Waals surface area contributed by atoms with Gasteiger partial charge in [0.05, 0.1) is 18.2 Å². The second kappa shape index (κ2) is 5.74. The number of fused-ring (bicyclic) bond motifs is 1. The molecule has 0 aliphatic carbocycles. The molecular formula is C19H18FNO3. The van der Waals surface area contributed by atoms with Gasteiger partial charge in [0.1, 0.15) is 11.6 Å². The predicted octanol–water partition coefficient (Wildman–Crippen LogP) is 3.54. The van der Waals surface area contributed by atoms with Gasteiger partial charge in [0.25, 0.3) is 5.91 Å². The van der Waals surface area contributed by atoms with Gasteiger partial charge in [-0.1, -0.05) is 12.1 Å². The second-order valence-electron chi connectivity index (χ2n) is 6.34. The van der Waals surface area contributed by atoms with Crippen LogP contribution < -0.4 is 4.74 Å². The fourth-order valence-corrected chi connectivity index (χ4v) is 3.09. The molecule has 0 spiro atoms. The van der Waals surface area contributed by atoms with Crippen LogP contribution in [0.1, 0.15) is 45.7 Å². The number of halogens is 1. The molecular weight excluding hydrogens is 309 g/mol. The van der Waals surface area contributed by atoms with Gasteiger partial charge in [0, 0.05) is 12.1 Å². The first-order valence-corrected chi connectivity index (χ1v) is 7.62. The summed E-state index contributed by atoms with van der Waals surface area (Å²) in [4.78, 5) is 25.4. The summed E-state index contributed by atoms with van der Waals surface area (Å²) in [7, 11) is 1.60. The first-order chi connectivity index (χ1) is 11.4. The minimum atomic E-state index is -0.667. The fraction of sp³-hybridized carbons (Fsp3) is 0.263. The molecule has 3 rings (SSSR count). The number of amides is 1. The van der Waals surface area contributed by atoms with Crippen LogP contribution in [0.5, 0.6) is 5.75 Å². The van der Waals surface area contributed by atoms with E-state index in [1.165, 1.54) is 6.07 Å². The first kappa shape index (κ1) is 16.2. The van der Waals surface area contributed by atoms with Gasteiger partial charge in [-0.15, -0.1) is 0 Å². The lowest BCUT2D eigenvalue weighted by Crippen LogP contribution is -2.38. The number of hydrogen-bond acceptors (Lipinski definition) is 3. The molecule has 0 radical (unpaired) electrons. The van der Waals surface area contributed by atoms with Crippen LogP contribution in [0.2, 0.25) is 0 Å². The Morgan fingerprint density at radius 3 is 2.46 bits per heavy atom. The first-order valence-electron chi connectivity index (χ1n) is 7.62. The molecule has 1 aliphatic heterocycles. The third-order valence-corrected chi connectivity index (χ3v) is 4.57. The number of rotatable bonds is 4. The standard InChI is InChI=1S/C19H18FNO3/c1-19(2)16-8-13(11-22)17(20)9-15(16)18(23)21(19)10-12-4-6-14(24-3)7-5-12/h4-9,11H,10H2,1-3H3. The van der Waals surface area contributed by atoms with Crippen LogP contribution in [0.3, 0.4) is 0 Å². The highest BCUT2D eigenvalue weighted by Gasteiger charge is 2.43. The molecule has 4 nitrogen and oxygen atoms in total. The zero-order valence-corrected chi connectivity index (χ0v) is 13.8. The summed E-state index contributed by atoms with van der Waals surface area (Å²) in [6.07, 6.45) is 0.475. The van der Waals surface area contributed by atoms with Crippen LogP contribution >= 0.6 is 0 Å². The molecule has 124 valence electrons. The van der Waals surface area contributed by atoms with Crippen molar-refractivity contribution < 1.29 is 18.7 Å². The van der Waals surface area contributed by atoms with Crippen molar-refractivity contribution in [2.45, 2.75) is 25.9 Å². The zero-order valence-electron chi connectivity index (χ0n) is 13.8. The number of benzene rings is 2. The molecule has 1 aliphatic rings. The molecule has 2 aromatic carbocycles. The summed E-state index contributed by atoms with van der Waals surface area (Å²) in [5.74, 6) is -0.159. The van der Waals surface area contributed by atoms with Crippen LogP contribution in [0, 0.1) is 5.82 Å². The maximum Gasteiger partial charge on any atom is 0.255 e. The second-order valence-corrected chi connectivity index (χ2v) is 6.34. The lowest BCUT2D eigenvalue weighted by molar-refractivity contribution is 0.0595. The monoisotopic (exact) mass is 327 g/mol. The van der Waals surface area contributed by atoms with Crippen LogP contribution in [0.4, 0.5) is 4.39 Å². The topological polar surface area (TPSA) is 46.6 Å². The van der Waals surface area contributed by atoms with Crippen LogP contribution in [-0.2, 0) is 12.1 Å². The molecule has 0 unspecified atom stereocenters. The lowest BCUT2D eigenvalue weighted by atomic mass is 9.92. The van der Waals surface area contributed by atoms with E-state index in [0.717, 1.165) is 17.4 Å². The van der Waals surface area contributed by atoms with Gasteiger partial charge in [0.2, 0.25) is 0 Å². The summed E-state index contributed by atoms with van der Waals surface area (Å²) in [6.45, 7) is 4.18. The van der Waals surface area contributed by atoms with Crippen molar-refractivity contribution in [3.05, 3.63) is 64.5 Å². The fourth-order valence-electron chi connectivity index (χ4n) is 3.09. The summed E-state index contributed by atoms with van der Waals surface area (Å²) in [6, 6.07) is 10.1. The third-order valence-electron chi connectivity index (χ3n) is 4.57. The quantitative estimate of drug-likeness (QED) is 0.807. The molecule has 0 fully saturated rings. The maximum absolute atomic E-state index is 13.9. The number of carbonyl (C=O) groups excluding carboxylic acids is 2. The molecule has 2 aromatic rings. The summed E-state index contributed by atoms with van der Waals surface area (Å²) in [5.41, 5.74) is 1.28. The molecule has 5 heteroatoms. The van der Waals surface area contributed by atoms with Crippen molar-refractivity contribution >= 4 is 12.2 Å². The zero-order chi connectivity index (χ0) is 17.5. The molecule has 1 heterocycles. The van der Waals surface area contributed by atoms with E-state index < -0.39 is 11.4 Å². The van der Waals surface area contributed by atoms with E-state index in [1.807, 2.05) is 38.1 Å². The van der Waals surface area contributed by atoms with Crippen LogP contribution in [-0.4, -0.2) is 24.2 Å². The van der Waals surface area contributed by atoms with Gasteiger partial charge >= 0.3 is 0 Å². The van der Waals surface area contributed by atoms with E-state index in [9.17, 15) is 14.0 Å². The van der Waals surface area contributed by atoms with E-state index in [0.29, 0.717) is 24.0 Å². The Labute approximate surface area is 139 Å². The van der Waals surface area contributed by atoms with Crippen molar-refractivity contribution in [2.75, 3.05) is 7.11 Å². The smallest absolute Gasteiger partial charge is 0.255 e. The Bertz CT molecular complexity index is 812. The van der Waals surface area contributed by atoms with Crippen LogP contribution in [0.15, 0.2) is 36.4 Å². The summed E-state index contributed by atoms with van der Waals surface area (Å²) >= 11 is 0. The van der Waals surface area contributed by atoms with Crippen molar-refractivity contribution in [1.29, 1.82) is 0 Å². The Morgan fingerprint density at radius 2 is 1.88 bits per heavy atom. The van der Waals surface area contributed by atoms with Crippen molar-refractivity contribution in [1.82, 2.24) is 4.90 Å². The number of ether oxygens (including phenoxy) is 1. The Morgan fingerprint density at radius 1 is 1.21 bits per heavy atom. The molecule has 0 atom stereocenters. The SMILES string of the molecule is COc1ccc(CN2C(=O)c3cc(F)c(C=O)cc3C2(C)C)cc1. The average Bonchev–Trinajstić information content (AvgIpc) is 2.75. The molecule has 1 amide bonds. The van der Waals surface area contributed by atoms with E-state index in [2.05, 4.69) is 0 Å². The van der Waals surface area contributed by atoms with Gasteiger partial charge in [-0.2, -0.15) is 0 Å². The minimum Gasteiger partial charge on any atom is -0.497 e. The van der Waals surface area contributed by atoms with E-state index in [4.69, 9.17) is 4.74 Å². The Balaban J connectivity index is 1.97. The average molecular weight is 327 g/mol. The number of methoxy groups -OCH3 is 1. The predicted molar refractivity (Wildman–Crippen MR) is 87.7 cm³/mol. The Kier molecular flexibility index (Phi) is 3.87. The number of nitrogens with zero attached hydrogens (tertiary/aromatic N) is 1. The van der Waals surface area contributed by atoms with E-state index in [1.54, 1.807) is 12.0 Å².